The van der Waals surface area contributed by atoms with Gasteiger partial charge in [-0.2, -0.15) is 0 Å². The largest absolute Gasteiger partial charge is 0.493 e. The van der Waals surface area contributed by atoms with Gasteiger partial charge in [0.15, 0.2) is 0 Å². The van der Waals surface area contributed by atoms with E-state index in [4.69, 9.17) is 4.74 Å². The second-order valence-corrected chi connectivity index (χ2v) is 5.23. The number of fused-ring (bicyclic) bond motifs is 1. The summed E-state index contributed by atoms with van der Waals surface area (Å²) in [7, 11) is 0. The molecule has 0 N–H and O–H groups in total. The highest BCUT2D eigenvalue weighted by atomic mass is 16.5. The molecule has 0 aliphatic heterocycles. The van der Waals surface area contributed by atoms with Crippen molar-refractivity contribution in [1.82, 2.24) is 0 Å². The van der Waals surface area contributed by atoms with E-state index in [0.29, 0.717) is 5.92 Å². The standard InChI is InChI=1S/C17H18O/c1-12-7-13(2)9-16(8-12)18-11-15-10-14-5-3-4-6-17(14)15/h3-9,15H,10-11H2,1-2H3. The zero-order valence-corrected chi connectivity index (χ0v) is 10.9. The zero-order chi connectivity index (χ0) is 12.5. The van der Waals surface area contributed by atoms with Crippen LogP contribution in [0.4, 0.5) is 0 Å². The lowest BCUT2D eigenvalue weighted by Crippen LogP contribution is -2.23. The molecule has 1 nitrogen and oxygen atoms in total. The normalized spacial score (nSPS) is 16.9. The molecule has 0 radical (unpaired) electrons. The van der Waals surface area contributed by atoms with E-state index in [1.165, 1.54) is 22.3 Å². The van der Waals surface area contributed by atoms with E-state index in [0.717, 1.165) is 18.8 Å². The van der Waals surface area contributed by atoms with Crippen LogP contribution in [0.25, 0.3) is 0 Å². The summed E-state index contributed by atoms with van der Waals surface area (Å²) in [5.74, 6) is 1.57. The third kappa shape index (κ3) is 2.13. The van der Waals surface area contributed by atoms with E-state index >= 15 is 0 Å². The predicted octanol–water partition coefficient (Wildman–Crippen LogP) is 4.02. The number of rotatable bonds is 3. The quantitative estimate of drug-likeness (QED) is 0.784. The highest BCUT2D eigenvalue weighted by molar-refractivity contribution is 5.40. The monoisotopic (exact) mass is 238 g/mol. The summed E-state index contributed by atoms with van der Waals surface area (Å²) in [6.07, 6.45) is 1.15. The smallest absolute Gasteiger partial charge is 0.119 e. The predicted molar refractivity (Wildman–Crippen MR) is 74.3 cm³/mol. The number of hydrogen-bond acceptors (Lipinski definition) is 1. The van der Waals surface area contributed by atoms with Gasteiger partial charge >= 0.3 is 0 Å². The van der Waals surface area contributed by atoms with Crippen molar-refractivity contribution in [3.8, 4) is 5.75 Å². The van der Waals surface area contributed by atoms with Crippen molar-refractivity contribution < 1.29 is 4.74 Å². The van der Waals surface area contributed by atoms with Gasteiger partial charge in [-0.25, -0.2) is 0 Å². The van der Waals surface area contributed by atoms with Crippen molar-refractivity contribution in [1.29, 1.82) is 0 Å². The molecule has 1 unspecified atom stereocenters. The summed E-state index contributed by atoms with van der Waals surface area (Å²) in [6.45, 7) is 5.01. The Morgan fingerprint density at radius 3 is 2.50 bits per heavy atom. The Balaban J connectivity index is 1.66. The Kier molecular flexibility index (Phi) is 2.83. The summed E-state index contributed by atoms with van der Waals surface area (Å²) in [4.78, 5) is 0. The Hall–Kier alpha value is -1.76. The number of hydrogen-bond donors (Lipinski definition) is 0. The van der Waals surface area contributed by atoms with Crippen LogP contribution in [0.2, 0.25) is 0 Å². The van der Waals surface area contributed by atoms with Gasteiger partial charge in [0, 0.05) is 5.92 Å². The first-order valence-electron chi connectivity index (χ1n) is 6.51. The van der Waals surface area contributed by atoms with Gasteiger partial charge in [0.2, 0.25) is 0 Å². The van der Waals surface area contributed by atoms with Gasteiger partial charge in [-0.15, -0.1) is 0 Å². The topological polar surface area (TPSA) is 9.23 Å². The van der Waals surface area contributed by atoms with Gasteiger partial charge in [-0.05, 0) is 54.7 Å². The molecule has 3 rings (SSSR count). The Labute approximate surface area is 108 Å². The average Bonchev–Trinajstić information content (AvgIpc) is 2.29. The maximum Gasteiger partial charge on any atom is 0.119 e. The van der Waals surface area contributed by atoms with Crippen LogP contribution in [0.1, 0.15) is 28.2 Å². The third-order valence-electron chi connectivity index (χ3n) is 3.61. The number of ether oxygens (including phenoxy) is 1. The van der Waals surface area contributed by atoms with Gasteiger partial charge in [0.05, 0.1) is 6.61 Å². The second-order valence-electron chi connectivity index (χ2n) is 5.23. The fourth-order valence-corrected chi connectivity index (χ4v) is 2.72. The Bertz CT molecular complexity index is 551. The molecule has 1 aliphatic carbocycles. The van der Waals surface area contributed by atoms with Crippen molar-refractivity contribution in [2.45, 2.75) is 26.2 Å². The molecule has 0 amide bonds. The van der Waals surface area contributed by atoms with Crippen LogP contribution in [0, 0.1) is 13.8 Å². The molecular formula is C17H18O. The molecule has 0 heterocycles. The zero-order valence-electron chi connectivity index (χ0n) is 10.9. The molecule has 1 aliphatic rings. The lowest BCUT2D eigenvalue weighted by atomic mass is 9.78. The fraction of sp³-hybridized carbons (Fsp3) is 0.294. The van der Waals surface area contributed by atoms with Crippen LogP contribution in [0.15, 0.2) is 42.5 Å². The summed E-state index contributed by atoms with van der Waals surface area (Å²) in [5.41, 5.74) is 5.46. The molecule has 18 heavy (non-hydrogen) atoms. The van der Waals surface area contributed by atoms with Gasteiger partial charge in [0.25, 0.3) is 0 Å². The average molecular weight is 238 g/mol. The van der Waals surface area contributed by atoms with E-state index in [-0.39, 0.29) is 0 Å². The number of benzene rings is 2. The van der Waals surface area contributed by atoms with Gasteiger partial charge < -0.3 is 4.74 Å². The molecular weight excluding hydrogens is 220 g/mol. The van der Waals surface area contributed by atoms with E-state index < -0.39 is 0 Å². The molecule has 0 aromatic heterocycles. The summed E-state index contributed by atoms with van der Waals surface area (Å²) >= 11 is 0. The van der Waals surface area contributed by atoms with Crippen molar-refractivity contribution in [3.63, 3.8) is 0 Å². The highest BCUT2D eigenvalue weighted by Crippen LogP contribution is 2.35. The van der Waals surface area contributed by atoms with Crippen molar-refractivity contribution >= 4 is 0 Å². The maximum absolute atomic E-state index is 5.93. The van der Waals surface area contributed by atoms with E-state index in [1.54, 1.807) is 0 Å². The van der Waals surface area contributed by atoms with Crippen LogP contribution in [-0.2, 0) is 6.42 Å². The molecule has 92 valence electrons. The molecule has 2 aromatic carbocycles. The van der Waals surface area contributed by atoms with Crippen LogP contribution in [0.3, 0.4) is 0 Å². The SMILES string of the molecule is Cc1cc(C)cc(OCC2Cc3ccccc32)c1. The minimum Gasteiger partial charge on any atom is -0.493 e. The van der Waals surface area contributed by atoms with E-state index in [1.807, 2.05) is 0 Å². The van der Waals surface area contributed by atoms with E-state index in [2.05, 4.69) is 56.3 Å². The molecule has 0 fully saturated rings. The van der Waals surface area contributed by atoms with Gasteiger partial charge in [0.1, 0.15) is 5.75 Å². The molecule has 0 saturated heterocycles. The Morgan fingerprint density at radius 1 is 1.06 bits per heavy atom. The lowest BCUT2D eigenvalue weighted by molar-refractivity contribution is 0.275. The minimum atomic E-state index is 0.571. The molecule has 0 spiro atoms. The molecule has 1 atom stereocenters. The fourth-order valence-electron chi connectivity index (χ4n) is 2.72. The maximum atomic E-state index is 5.93. The van der Waals surface area contributed by atoms with Crippen LogP contribution in [0.5, 0.6) is 5.75 Å². The highest BCUT2D eigenvalue weighted by Gasteiger charge is 2.25. The van der Waals surface area contributed by atoms with E-state index in [9.17, 15) is 0 Å². The molecule has 0 saturated carbocycles. The summed E-state index contributed by atoms with van der Waals surface area (Å²) in [5, 5.41) is 0. The molecule has 2 aromatic rings. The molecule has 1 heteroatoms. The third-order valence-corrected chi connectivity index (χ3v) is 3.61. The lowest BCUT2D eigenvalue weighted by Gasteiger charge is -2.29. The Morgan fingerprint density at radius 2 is 1.78 bits per heavy atom. The van der Waals surface area contributed by atoms with Crippen LogP contribution in [-0.4, -0.2) is 6.61 Å². The first kappa shape index (κ1) is 11.3. The van der Waals surface area contributed by atoms with Gasteiger partial charge in [-0.3, -0.25) is 0 Å². The minimum absolute atomic E-state index is 0.571. The second kappa shape index (κ2) is 4.49. The van der Waals surface area contributed by atoms with Gasteiger partial charge in [-0.1, -0.05) is 30.3 Å². The number of aryl methyl sites for hydroxylation is 2. The van der Waals surface area contributed by atoms with Crippen LogP contribution >= 0.6 is 0 Å². The summed E-state index contributed by atoms with van der Waals surface area (Å²) in [6, 6.07) is 15.0. The van der Waals surface area contributed by atoms with Crippen molar-refractivity contribution in [2.24, 2.45) is 0 Å². The first-order valence-corrected chi connectivity index (χ1v) is 6.51. The van der Waals surface area contributed by atoms with Crippen molar-refractivity contribution in [3.05, 3.63) is 64.7 Å². The first-order chi connectivity index (χ1) is 8.72. The van der Waals surface area contributed by atoms with Crippen LogP contribution < -0.4 is 4.74 Å². The molecule has 0 bridgehead atoms. The summed E-state index contributed by atoms with van der Waals surface area (Å²) < 4.78 is 5.93. The van der Waals surface area contributed by atoms with Crippen molar-refractivity contribution in [2.75, 3.05) is 6.61 Å².